The van der Waals surface area contributed by atoms with Crippen LogP contribution in [0.5, 0.6) is 0 Å². The molecule has 3 rings (SSSR count). The molecule has 28 heavy (non-hydrogen) atoms. The van der Waals surface area contributed by atoms with E-state index >= 15 is 0 Å². The molecule has 7 heteroatoms. The number of nitrogens with one attached hydrogen (secondary N) is 1. The van der Waals surface area contributed by atoms with Crippen LogP contribution in [-0.4, -0.2) is 21.6 Å². The maximum Gasteiger partial charge on any atom is 0.235 e. The molecule has 1 atom stereocenters. The number of hydrogen-bond acceptors (Lipinski definition) is 6. The second kappa shape index (κ2) is 8.62. The Hall–Kier alpha value is -1.91. The van der Waals surface area contributed by atoms with Crippen LogP contribution in [0, 0.1) is 29.6 Å². The number of amides is 1. The van der Waals surface area contributed by atoms with Gasteiger partial charge in [-0.1, -0.05) is 39.0 Å². The van der Waals surface area contributed by atoms with Gasteiger partial charge in [-0.25, -0.2) is 9.97 Å². The molecule has 1 aliphatic carbocycles. The fourth-order valence-electron chi connectivity index (χ4n) is 3.54. The molecule has 2 aromatic heterocycles. The van der Waals surface area contributed by atoms with Crippen LogP contribution in [0.25, 0.3) is 0 Å². The van der Waals surface area contributed by atoms with E-state index in [4.69, 9.17) is 0 Å². The number of aryl methyl sites for hydroxylation is 1. The molecule has 5 nitrogen and oxygen atoms in total. The van der Waals surface area contributed by atoms with Gasteiger partial charge in [0, 0.05) is 16.8 Å². The zero-order chi connectivity index (χ0) is 20.3. The number of thioether (sulfide) groups is 1. The molecule has 0 unspecified atom stereocenters. The number of aromatic nitrogens is 2. The Morgan fingerprint density at radius 1 is 1.50 bits per heavy atom. The van der Waals surface area contributed by atoms with Gasteiger partial charge in [-0.05, 0) is 49.1 Å². The number of carbonyl (C=O) groups excluding carboxylic acids is 1. The number of rotatable bonds is 6. The summed E-state index contributed by atoms with van der Waals surface area (Å²) in [6.07, 6.45) is 5.86. The van der Waals surface area contributed by atoms with Crippen LogP contribution >= 0.6 is 23.1 Å². The molecule has 2 aromatic rings. The molecule has 0 saturated carbocycles. The normalized spacial score (nSPS) is 16.3. The summed E-state index contributed by atoms with van der Waals surface area (Å²) in [5.74, 6) is 0.714. The zero-order valence-electron chi connectivity index (χ0n) is 16.8. The lowest BCUT2D eigenvalue weighted by Gasteiger charge is -2.36. The Balaban J connectivity index is 1.70. The highest BCUT2D eigenvalue weighted by atomic mass is 32.2. The molecule has 1 aliphatic rings. The van der Waals surface area contributed by atoms with Crippen molar-refractivity contribution < 1.29 is 4.79 Å². The summed E-state index contributed by atoms with van der Waals surface area (Å²) in [5, 5.41) is 13.9. The van der Waals surface area contributed by atoms with Crippen molar-refractivity contribution in [3.63, 3.8) is 0 Å². The number of hydrogen-bond donors (Lipinski definition) is 1. The van der Waals surface area contributed by atoms with Gasteiger partial charge in [0.15, 0.2) is 5.16 Å². The molecule has 0 fully saturated rings. The third-order valence-electron chi connectivity index (χ3n) is 5.75. The van der Waals surface area contributed by atoms with Gasteiger partial charge >= 0.3 is 0 Å². The van der Waals surface area contributed by atoms with Crippen LogP contribution in [-0.2, 0) is 17.6 Å². The quantitative estimate of drug-likeness (QED) is 0.532. The summed E-state index contributed by atoms with van der Waals surface area (Å²) in [6, 6.07) is 4.15. The average Bonchev–Trinajstić information content (AvgIpc) is 3.02. The van der Waals surface area contributed by atoms with E-state index in [1.807, 2.05) is 13.0 Å². The molecule has 0 spiro atoms. The Morgan fingerprint density at radius 2 is 2.29 bits per heavy atom. The Morgan fingerprint density at radius 3 is 2.96 bits per heavy atom. The molecule has 148 valence electrons. The topological polar surface area (TPSA) is 78.7 Å². The summed E-state index contributed by atoms with van der Waals surface area (Å²) in [7, 11) is 0. The zero-order valence-corrected chi connectivity index (χ0v) is 18.5. The minimum Gasteiger partial charge on any atom is -0.316 e. The first kappa shape index (κ1) is 20.8. The second-order valence-electron chi connectivity index (χ2n) is 7.92. The van der Waals surface area contributed by atoms with Crippen LogP contribution < -0.4 is 5.32 Å². The van der Waals surface area contributed by atoms with Crippen LogP contribution in [0.2, 0.25) is 0 Å². The number of anilines is 1. The Labute approximate surface area is 175 Å². The van der Waals surface area contributed by atoms with Gasteiger partial charge in [0.1, 0.15) is 11.1 Å². The van der Waals surface area contributed by atoms with E-state index in [9.17, 15) is 10.1 Å². The first-order valence-corrected chi connectivity index (χ1v) is 11.4. The highest BCUT2D eigenvalue weighted by molar-refractivity contribution is 7.99. The third-order valence-corrected chi connectivity index (χ3v) is 7.78. The molecule has 1 N–H and O–H groups in total. The van der Waals surface area contributed by atoms with Gasteiger partial charge in [-0.3, -0.25) is 4.79 Å². The summed E-state index contributed by atoms with van der Waals surface area (Å²) >= 11 is 2.88. The molecule has 1 amide bonds. The van der Waals surface area contributed by atoms with Crippen LogP contribution in [0.1, 0.15) is 55.3 Å². The van der Waals surface area contributed by atoms with Gasteiger partial charge in [0.05, 0.1) is 11.3 Å². The van der Waals surface area contributed by atoms with Crippen molar-refractivity contribution >= 4 is 34.0 Å². The molecular formula is C21H26N4OS2. The van der Waals surface area contributed by atoms with Gasteiger partial charge in [-0.2, -0.15) is 5.26 Å². The standard InChI is InChI=1S/C21H26N4OS2/c1-5-21(3,4)14-6-7-15-16(11-22)19(28-17(15)10-14)25-18(26)12-27-20-23-9-8-13(2)24-20/h8-9,14H,5-7,10,12H2,1-4H3,(H,25,26)/t14-/m1/s1. The van der Waals surface area contributed by atoms with E-state index in [-0.39, 0.29) is 11.7 Å². The summed E-state index contributed by atoms with van der Waals surface area (Å²) in [5.41, 5.74) is 2.96. The van der Waals surface area contributed by atoms with E-state index in [1.54, 1.807) is 17.5 Å². The molecule has 0 saturated heterocycles. The SMILES string of the molecule is CCC(C)(C)[C@@H]1CCc2c(sc(NC(=O)CSc3nccc(C)n3)c2C#N)C1. The van der Waals surface area contributed by atoms with Gasteiger partial charge < -0.3 is 5.32 Å². The average molecular weight is 415 g/mol. The van der Waals surface area contributed by atoms with Crippen molar-refractivity contribution in [2.75, 3.05) is 11.1 Å². The molecular weight excluding hydrogens is 388 g/mol. The lowest BCUT2D eigenvalue weighted by molar-refractivity contribution is -0.113. The molecule has 0 aromatic carbocycles. The van der Waals surface area contributed by atoms with E-state index < -0.39 is 0 Å². The van der Waals surface area contributed by atoms with Crippen molar-refractivity contribution in [3.8, 4) is 6.07 Å². The first-order chi connectivity index (χ1) is 13.3. The Bertz CT molecular complexity index is 914. The van der Waals surface area contributed by atoms with Crippen LogP contribution in [0.3, 0.4) is 0 Å². The number of fused-ring (bicyclic) bond motifs is 1. The summed E-state index contributed by atoms with van der Waals surface area (Å²) < 4.78 is 0. The largest absolute Gasteiger partial charge is 0.316 e. The maximum atomic E-state index is 12.4. The number of carbonyl (C=O) groups is 1. The van der Waals surface area contributed by atoms with Crippen molar-refractivity contribution in [1.82, 2.24) is 9.97 Å². The van der Waals surface area contributed by atoms with Crippen LogP contribution in [0.4, 0.5) is 5.00 Å². The van der Waals surface area contributed by atoms with Crippen LogP contribution in [0.15, 0.2) is 17.4 Å². The van der Waals surface area contributed by atoms with Crippen molar-refractivity contribution in [1.29, 1.82) is 5.26 Å². The monoisotopic (exact) mass is 414 g/mol. The third kappa shape index (κ3) is 4.56. The van der Waals surface area contributed by atoms with Gasteiger partial charge in [-0.15, -0.1) is 11.3 Å². The molecule has 0 radical (unpaired) electrons. The molecule has 2 heterocycles. The summed E-state index contributed by atoms with van der Waals surface area (Å²) in [6.45, 7) is 8.80. The van der Waals surface area contributed by atoms with Gasteiger partial charge in [0.25, 0.3) is 0 Å². The lowest BCUT2D eigenvalue weighted by atomic mass is 9.69. The Kier molecular flexibility index (Phi) is 6.41. The minimum absolute atomic E-state index is 0.129. The van der Waals surface area contributed by atoms with E-state index in [1.165, 1.54) is 16.6 Å². The highest BCUT2D eigenvalue weighted by Gasteiger charge is 2.34. The van der Waals surface area contributed by atoms with Crippen molar-refractivity contribution in [3.05, 3.63) is 34.0 Å². The van der Waals surface area contributed by atoms with E-state index in [0.717, 1.165) is 36.9 Å². The summed E-state index contributed by atoms with van der Waals surface area (Å²) in [4.78, 5) is 22.2. The van der Waals surface area contributed by atoms with Crippen molar-refractivity contribution in [2.45, 2.75) is 58.5 Å². The van der Waals surface area contributed by atoms with Crippen molar-refractivity contribution in [2.24, 2.45) is 11.3 Å². The predicted octanol–water partition coefficient (Wildman–Crippen LogP) is 4.99. The number of thiophene rings is 1. The van der Waals surface area contributed by atoms with E-state index in [2.05, 4.69) is 42.1 Å². The fraction of sp³-hybridized carbons (Fsp3) is 0.524. The van der Waals surface area contributed by atoms with Gasteiger partial charge in [0.2, 0.25) is 5.91 Å². The maximum absolute atomic E-state index is 12.4. The smallest absolute Gasteiger partial charge is 0.235 e. The highest BCUT2D eigenvalue weighted by Crippen LogP contribution is 2.45. The first-order valence-electron chi connectivity index (χ1n) is 9.61. The predicted molar refractivity (Wildman–Crippen MR) is 115 cm³/mol. The fourth-order valence-corrected chi connectivity index (χ4v) is 5.51. The number of nitrogens with zero attached hydrogens (tertiary/aromatic N) is 3. The minimum atomic E-state index is -0.129. The lowest BCUT2D eigenvalue weighted by Crippen LogP contribution is -2.28. The molecule has 0 aliphatic heterocycles. The van der Waals surface area contributed by atoms with E-state index in [0.29, 0.717) is 27.1 Å². The molecule has 0 bridgehead atoms. The second-order valence-corrected chi connectivity index (χ2v) is 9.97. The number of nitriles is 1.